The zero-order valence-electron chi connectivity index (χ0n) is 10.4. The second-order valence-corrected chi connectivity index (χ2v) is 4.55. The highest BCUT2D eigenvalue weighted by atomic mass is 16.5. The first-order valence-electron chi connectivity index (χ1n) is 6.22. The van der Waals surface area contributed by atoms with Gasteiger partial charge >= 0.3 is 0 Å². The Bertz CT molecular complexity index is 621. The minimum atomic E-state index is -0.0350. The number of nitrogens with two attached hydrogens (primary N) is 1. The van der Waals surface area contributed by atoms with Crippen LogP contribution in [0.4, 0.5) is 0 Å². The number of aromatic nitrogens is 1. The van der Waals surface area contributed by atoms with Crippen LogP contribution < -0.4 is 10.5 Å². The molecule has 5 heteroatoms. The molecule has 1 aromatic carbocycles. The zero-order chi connectivity index (χ0) is 13.2. The van der Waals surface area contributed by atoms with Crippen molar-refractivity contribution in [1.82, 2.24) is 4.98 Å². The molecule has 1 aliphatic rings. The fraction of sp³-hybridized carbons (Fsp3) is 0.286. The number of amidine groups is 1. The van der Waals surface area contributed by atoms with Crippen LogP contribution in [0.3, 0.4) is 0 Å². The van der Waals surface area contributed by atoms with Crippen LogP contribution >= 0.6 is 0 Å². The predicted octanol–water partition coefficient (Wildman–Crippen LogP) is 1.69. The van der Waals surface area contributed by atoms with Gasteiger partial charge in [-0.1, -0.05) is 18.2 Å². The molecule has 1 aromatic heterocycles. The first-order valence-corrected chi connectivity index (χ1v) is 6.22. The Balaban J connectivity index is 2.04. The van der Waals surface area contributed by atoms with E-state index in [1.54, 1.807) is 0 Å². The van der Waals surface area contributed by atoms with Crippen LogP contribution in [0.2, 0.25) is 0 Å². The lowest BCUT2D eigenvalue weighted by molar-refractivity contribution is 0.138. The number of nitrogen functional groups attached to an aromatic ring is 1. The number of fused-ring (bicyclic) bond motifs is 1. The Kier molecular flexibility index (Phi) is 3.05. The summed E-state index contributed by atoms with van der Waals surface area (Å²) in [5, 5.41) is 8.60. The maximum Gasteiger partial charge on any atom is 0.225 e. The minimum Gasteiger partial charge on any atom is -0.471 e. The standard InChI is InChI=1S/C14H15N3O2/c15-13(16)11-7-9-3-1-2-4-12(9)17-14(11)19-10-5-6-18-8-10/h1-4,7,10H,5-6,8H2,(H3,15,16). The van der Waals surface area contributed by atoms with E-state index in [1.807, 2.05) is 30.3 Å². The number of nitrogens with zero attached hydrogens (tertiary/aromatic N) is 1. The molecular weight excluding hydrogens is 242 g/mol. The van der Waals surface area contributed by atoms with E-state index in [2.05, 4.69) is 4.98 Å². The lowest BCUT2D eigenvalue weighted by atomic mass is 10.1. The van der Waals surface area contributed by atoms with E-state index in [1.165, 1.54) is 0 Å². The molecule has 0 bridgehead atoms. The molecule has 1 atom stereocenters. The first kappa shape index (κ1) is 11.9. The Labute approximate surface area is 110 Å². The van der Waals surface area contributed by atoms with Crippen LogP contribution in [-0.4, -0.2) is 30.1 Å². The second-order valence-electron chi connectivity index (χ2n) is 4.55. The van der Waals surface area contributed by atoms with E-state index in [-0.39, 0.29) is 11.9 Å². The molecule has 1 fully saturated rings. The third-order valence-electron chi connectivity index (χ3n) is 3.15. The maximum atomic E-state index is 7.65. The van der Waals surface area contributed by atoms with Crippen LogP contribution in [0, 0.1) is 5.41 Å². The second kappa shape index (κ2) is 4.85. The molecule has 19 heavy (non-hydrogen) atoms. The molecule has 0 aliphatic carbocycles. The Morgan fingerprint density at radius 3 is 3.00 bits per heavy atom. The van der Waals surface area contributed by atoms with Crippen LogP contribution in [0.15, 0.2) is 30.3 Å². The van der Waals surface area contributed by atoms with Crippen molar-refractivity contribution in [2.45, 2.75) is 12.5 Å². The summed E-state index contributed by atoms with van der Waals surface area (Å²) in [5.74, 6) is 0.383. The van der Waals surface area contributed by atoms with Gasteiger partial charge in [0.1, 0.15) is 11.9 Å². The third kappa shape index (κ3) is 2.37. The Hall–Kier alpha value is -2.14. The fourth-order valence-corrected chi connectivity index (χ4v) is 2.14. The Morgan fingerprint density at radius 1 is 1.42 bits per heavy atom. The highest BCUT2D eigenvalue weighted by molar-refractivity contribution is 6.00. The smallest absolute Gasteiger partial charge is 0.225 e. The van der Waals surface area contributed by atoms with Gasteiger partial charge in [0, 0.05) is 11.8 Å². The van der Waals surface area contributed by atoms with Crippen molar-refractivity contribution in [2.24, 2.45) is 5.73 Å². The van der Waals surface area contributed by atoms with E-state index < -0.39 is 0 Å². The van der Waals surface area contributed by atoms with Crippen molar-refractivity contribution >= 4 is 16.7 Å². The van der Waals surface area contributed by atoms with Gasteiger partial charge in [0.15, 0.2) is 0 Å². The predicted molar refractivity (Wildman–Crippen MR) is 72.6 cm³/mol. The molecular formula is C14H15N3O2. The zero-order valence-corrected chi connectivity index (χ0v) is 10.4. The molecule has 1 saturated heterocycles. The summed E-state index contributed by atoms with van der Waals surface area (Å²) >= 11 is 0. The number of rotatable bonds is 3. The molecule has 0 radical (unpaired) electrons. The summed E-state index contributed by atoms with van der Waals surface area (Å²) in [6.45, 7) is 1.26. The van der Waals surface area contributed by atoms with Crippen molar-refractivity contribution in [3.05, 3.63) is 35.9 Å². The van der Waals surface area contributed by atoms with Gasteiger partial charge in [-0.2, -0.15) is 0 Å². The van der Waals surface area contributed by atoms with Crippen LogP contribution in [0.25, 0.3) is 10.9 Å². The molecule has 2 aromatic rings. The van der Waals surface area contributed by atoms with E-state index in [9.17, 15) is 0 Å². The van der Waals surface area contributed by atoms with Crippen molar-refractivity contribution < 1.29 is 9.47 Å². The molecule has 98 valence electrons. The Morgan fingerprint density at radius 2 is 2.26 bits per heavy atom. The number of para-hydroxylation sites is 1. The molecule has 3 N–H and O–H groups in total. The number of benzene rings is 1. The molecule has 5 nitrogen and oxygen atoms in total. The average Bonchev–Trinajstić information content (AvgIpc) is 2.90. The fourth-order valence-electron chi connectivity index (χ4n) is 2.14. The summed E-state index contributed by atoms with van der Waals surface area (Å²) in [4.78, 5) is 4.46. The SMILES string of the molecule is N=C(N)c1cc2ccccc2nc1OC1CCOC1. The summed E-state index contributed by atoms with van der Waals surface area (Å²) in [6.07, 6.45) is 0.832. The first-order chi connectivity index (χ1) is 9.24. The van der Waals surface area contributed by atoms with Gasteiger partial charge in [-0.25, -0.2) is 4.98 Å². The van der Waals surface area contributed by atoms with Gasteiger partial charge in [-0.05, 0) is 12.1 Å². The monoisotopic (exact) mass is 257 g/mol. The highest BCUT2D eigenvalue weighted by Gasteiger charge is 2.20. The third-order valence-corrected chi connectivity index (χ3v) is 3.15. The van der Waals surface area contributed by atoms with Crippen molar-refractivity contribution in [2.75, 3.05) is 13.2 Å². The average molecular weight is 257 g/mol. The maximum absolute atomic E-state index is 7.65. The lowest BCUT2D eigenvalue weighted by Crippen LogP contribution is -2.20. The number of pyridine rings is 1. The van der Waals surface area contributed by atoms with E-state index in [0.29, 0.717) is 24.7 Å². The number of hydrogen-bond acceptors (Lipinski definition) is 4. The summed E-state index contributed by atoms with van der Waals surface area (Å²) in [6, 6.07) is 9.55. The van der Waals surface area contributed by atoms with Crippen LogP contribution in [0.5, 0.6) is 5.88 Å². The number of nitrogens with one attached hydrogen (secondary N) is 1. The van der Waals surface area contributed by atoms with Gasteiger partial charge in [0.2, 0.25) is 5.88 Å². The van der Waals surface area contributed by atoms with Gasteiger partial charge < -0.3 is 15.2 Å². The quantitative estimate of drug-likeness (QED) is 0.647. The number of ether oxygens (including phenoxy) is 2. The largest absolute Gasteiger partial charge is 0.471 e. The summed E-state index contributed by atoms with van der Waals surface area (Å²) in [7, 11) is 0. The number of hydrogen-bond donors (Lipinski definition) is 2. The highest BCUT2D eigenvalue weighted by Crippen LogP contribution is 2.24. The van der Waals surface area contributed by atoms with Gasteiger partial charge in [-0.15, -0.1) is 0 Å². The normalized spacial score (nSPS) is 18.6. The lowest BCUT2D eigenvalue weighted by Gasteiger charge is -2.14. The van der Waals surface area contributed by atoms with Crippen molar-refractivity contribution in [3.8, 4) is 5.88 Å². The van der Waals surface area contributed by atoms with Gasteiger partial charge in [0.05, 0.1) is 24.3 Å². The molecule has 3 rings (SSSR count). The molecule has 0 saturated carbocycles. The van der Waals surface area contributed by atoms with Crippen LogP contribution in [-0.2, 0) is 4.74 Å². The molecule has 1 unspecified atom stereocenters. The molecule has 1 aliphatic heterocycles. The van der Waals surface area contributed by atoms with Crippen molar-refractivity contribution in [1.29, 1.82) is 5.41 Å². The minimum absolute atomic E-state index is 0.00763. The molecule has 0 spiro atoms. The van der Waals surface area contributed by atoms with E-state index >= 15 is 0 Å². The van der Waals surface area contributed by atoms with Gasteiger partial charge in [-0.3, -0.25) is 5.41 Å². The summed E-state index contributed by atoms with van der Waals surface area (Å²) < 4.78 is 11.1. The van der Waals surface area contributed by atoms with E-state index in [4.69, 9.17) is 20.6 Å². The topological polar surface area (TPSA) is 81.2 Å². The summed E-state index contributed by atoms with van der Waals surface area (Å²) in [5.41, 5.74) is 6.98. The van der Waals surface area contributed by atoms with Gasteiger partial charge in [0.25, 0.3) is 0 Å². The molecule has 0 amide bonds. The molecule has 2 heterocycles. The van der Waals surface area contributed by atoms with Crippen molar-refractivity contribution in [3.63, 3.8) is 0 Å². The van der Waals surface area contributed by atoms with E-state index in [0.717, 1.165) is 17.3 Å². The van der Waals surface area contributed by atoms with Crippen LogP contribution in [0.1, 0.15) is 12.0 Å².